The Labute approximate surface area is 111 Å². The number of rotatable bonds is 2. The molecule has 0 saturated carbocycles. The van der Waals surface area contributed by atoms with Gasteiger partial charge in [0.2, 0.25) is 0 Å². The van der Waals surface area contributed by atoms with Gasteiger partial charge in [0, 0.05) is 35.5 Å². The smallest absolute Gasteiger partial charge is 0.194 e. The van der Waals surface area contributed by atoms with Gasteiger partial charge in [-0.05, 0) is 19.1 Å². The number of nitrogens with zero attached hydrogens (tertiary/aromatic N) is 3. The van der Waals surface area contributed by atoms with E-state index in [1.807, 2.05) is 6.07 Å². The first-order chi connectivity index (χ1) is 8.93. The highest BCUT2D eigenvalue weighted by Crippen LogP contribution is 2.27. The molecule has 96 valence electrons. The van der Waals surface area contributed by atoms with Crippen molar-refractivity contribution in [2.45, 2.75) is 11.9 Å². The molecule has 5 nitrogen and oxygen atoms in total. The van der Waals surface area contributed by atoms with Gasteiger partial charge in [0.15, 0.2) is 14.9 Å². The number of hydrogen-bond acceptors (Lipinski definition) is 5. The lowest BCUT2D eigenvalue weighted by atomic mass is 10.0. The van der Waals surface area contributed by atoms with Crippen LogP contribution in [0, 0.1) is 18.3 Å². The molecule has 0 amide bonds. The Morgan fingerprint density at radius 3 is 2.63 bits per heavy atom. The number of sulfone groups is 1. The molecule has 0 radical (unpaired) electrons. The minimum Gasteiger partial charge on any atom is -0.264 e. The largest absolute Gasteiger partial charge is 0.264 e. The molecule has 0 aliphatic heterocycles. The highest BCUT2D eigenvalue weighted by atomic mass is 32.2. The maximum atomic E-state index is 11.7. The SMILES string of the molecule is Cc1cc(-c2cccnc2)c(C#N)c(S(C)(=O)=O)n1. The molecule has 0 unspecified atom stereocenters. The van der Waals surface area contributed by atoms with Crippen LogP contribution in [0.3, 0.4) is 0 Å². The topological polar surface area (TPSA) is 83.7 Å². The monoisotopic (exact) mass is 273 g/mol. The number of aryl methyl sites for hydroxylation is 1. The second-order valence-corrected chi connectivity index (χ2v) is 6.05. The van der Waals surface area contributed by atoms with Gasteiger partial charge in [0.1, 0.15) is 6.07 Å². The van der Waals surface area contributed by atoms with E-state index in [0.717, 1.165) is 6.26 Å². The summed E-state index contributed by atoms with van der Waals surface area (Å²) >= 11 is 0. The van der Waals surface area contributed by atoms with E-state index in [0.29, 0.717) is 16.8 Å². The van der Waals surface area contributed by atoms with E-state index in [9.17, 15) is 13.7 Å². The quantitative estimate of drug-likeness (QED) is 0.832. The summed E-state index contributed by atoms with van der Waals surface area (Å²) in [6.45, 7) is 1.69. The van der Waals surface area contributed by atoms with Crippen molar-refractivity contribution in [1.82, 2.24) is 9.97 Å². The molecular formula is C13H11N3O2S. The Morgan fingerprint density at radius 1 is 1.37 bits per heavy atom. The van der Waals surface area contributed by atoms with Gasteiger partial charge in [-0.15, -0.1) is 0 Å². The average Bonchev–Trinajstić information content (AvgIpc) is 2.37. The van der Waals surface area contributed by atoms with Gasteiger partial charge in [0.25, 0.3) is 0 Å². The molecular weight excluding hydrogens is 262 g/mol. The molecule has 0 N–H and O–H groups in total. The molecule has 0 atom stereocenters. The molecule has 6 heteroatoms. The number of hydrogen-bond donors (Lipinski definition) is 0. The van der Waals surface area contributed by atoms with Gasteiger partial charge in [-0.1, -0.05) is 6.07 Å². The zero-order valence-electron chi connectivity index (χ0n) is 10.5. The van der Waals surface area contributed by atoms with Gasteiger partial charge in [0.05, 0.1) is 5.56 Å². The maximum Gasteiger partial charge on any atom is 0.194 e. The fourth-order valence-electron chi connectivity index (χ4n) is 1.77. The zero-order valence-corrected chi connectivity index (χ0v) is 11.3. The molecule has 0 aliphatic carbocycles. The van der Waals surface area contributed by atoms with Crippen LogP contribution in [-0.4, -0.2) is 24.6 Å². The van der Waals surface area contributed by atoms with Crippen molar-refractivity contribution in [1.29, 1.82) is 5.26 Å². The Balaban J connectivity index is 2.84. The first-order valence-electron chi connectivity index (χ1n) is 5.45. The van der Waals surface area contributed by atoms with E-state index in [1.54, 1.807) is 37.5 Å². The van der Waals surface area contributed by atoms with Gasteiger partial charge >= 0.3 is 0 Å². The number of aromatic nitrogens is 2. The summed E-state index contributed by atoms with van der Waals surface area (Å²) in [5, 5.41) is 9.05. The molecule has 0 fully saturated rings. The van der Waals surface area contributed by atoms with Crippen LogP contribution in [0.25, 0.3) is 11.1 Å². The third-order valence-electron chi connectivity index (χ3n) is 2.55. The minimum atomic E-state index is -3.55. The predicted molar refractivity (Wildman–Crippen MR) is 70.0 cm³/mol. The summed E-state index contributed by atoms with van der Waals surface area (Å²) in [7, 11) is -3.55. The highest BCUT2D eigenvalue weighted by Gasteiger charge is 2.20. The third-order valence-corrected chi connectivity index (χ3v) is 3.55. The Morgan fingerprint density at radius 2 is 2.11 bits per heavy atom. The fourth-order valence-corrected chi connectivity index (χ4v) is 2.61. The first kappa shape index (κ1) is 13.2. The molecule has 0 saturated heterocycles. The van der Waals surface area contributed by atoms with Crippen molar-refractivity contribution in [3.8, 4) is 17.2 Å². The Bertz CT molecular complexity index is 762. The third kappa shape index (κ3) is 2.61. The summed E-state index contributed by atoms with van der Waals surface area (Å²) in [6, 6.07) is 7.11. The Kier molecular flexibility index (Phi) is 3.32. The molecule has 0 spiro atoms. The van der Waals surface area contributed by atoms with Crippen LogP contribution in [0.5, 0.6) is 0 Å². The lowest BCUT2D eigenvalue weighted by Crippen LogP contribution is -2.06. The minimum absolute atomic E-state index is 0.0566. The second-order valence-electron chi connectivity index (χ2n) is 4.12. The van der Waals surface area contributed by atoms with Crippen LogP contribution in [0.2, 0.25) is 0 Å². The standard InChI is InChI=1S/C13H11N3O2S/c1-9-6-11(10-4-3-5-15-8-10)12(7-14)13(16-9)19(2,17)18/h3-6,8H,1-2H3. The van der Waals surface area contributed by atoms with Gasteiger partial charge in [-0.25, -0.2) is 13.4 Å². The van der Waals surface area contributed by atoms with E-state index < -0.39 is 9.84 Å². The van der Waals surface area contributed by atoms with Gasteiger partial charge in [-0.3, -0.25) is 4.98 Å². The van der Waals surface area contributed by atoms with Gasteiger partial charge < -0.3 is 0 Å². The van der Waals surface area contributed by atoms with Crippen molar-refractivity contribution >= 4 is 9.84 Å². The maximum absolute atomic E-state index is 11.7. The molecule has 0 aromatic carbocycles. The summed E-state index contributed by atoms with van der Waals surface area (Å²) in [5.41, 5.74) is 1.82. The van der Waals surface area contributed by atoms with Crippen molar-refractivity contribution in [2.24, 2.45) is 0 Å². The summed E-state index contributed by atoms with van der Waals surface area (Å²) in [4.78, 5) is 7.95. The number of nitriles is 1. The molecule has 2 rings (SSSR count). The second kappa shape index (κ2) is 4.78. The fraction of sp³-hybridized carbons (Fsp3) is 0.154. The van der Waals surface area contributed by atoms with Crippen LogP contribution in [0.1, 0.15) is 11.3 Å². The van der Waals surface area contributed by atoms with E-state index >= 15 is 0 Å². The van der Waals surface area contributed by atoms with Crippen molar-refractivity contribution in [3.63, 3.8) is 0 Å². The summed E-state index contributed by atoms with van der Waals surface area (Å²) in [6.07, 6.45) is 4.24. The van der Waals surface area contributed by atoms with Crippen LogP contribution in [0.4, 0.5) is 0 Å². The van der Waals surface area contributed by atoms with Crippen LogP contribution in [-0.2, 0) is 9.84 Å². The average molecular weight is 273 g/mol. The molecule has 2 aromatic heterocycles. The summed E-state index contributed by atoms with van der Waals surface area (Å²) < 4.78 is 23.4. The Hall–Kier alpha value is -2.26. The zero-order chi connectivity index (χ0) is 14.0. The van der Waals surface area contributed by atoms with E-state index in [4.69, 9.17) is 0 Å². The predicted octanol–water partition coefficient (Wildman–Crippen LogP) is 1.73. The molecule has 0 aliphatic rings. The van der Waals surface area contributed by atoms with Crippen LogP contribution >= 0.6 is 0 Å². The van der Waals surface area contributed by atoms with E-state index in [-0.39, 0.29) is 10.6 Å². The van der Waals surface area contributed by atoms with Gasteiger partial charge in [-0.2, -0.15) is 5.26 Å². The van der Waals surface area contributed by atoms with Crippen LogP contribution in [0.15, 0.2) is 35.6 Å². The van der Waals surface area contributed by atoms with Crippen LogP contribution < -0.4 is 0 Å². The summed E-state index contributed by atoms with van der Waals surface area (Å²) in [5.74, 6) is 0. The van der Waals surface area contributed by atoms with Crippen molar-refractivity contribution in [2.75, 3.05) is 6.26 Å². The van der Waals surface area contributed by atoms with Crippen molar-refractivity contribution in [3.05, 3.63) is 41.9 Å². The lowest BCUT2D eigenvalue weighted by molar-refractivity contribution is 0.597. The van der Waals surface area contributed by atoms with E-state index in [1.165, 1.54) is 0 Å². The molecule has 2 aromatic rings. The number of pyridine rings is 2. The lowest BCUT2D eigenvalue weighted by Gasteiger charge is -2.09. The van der Waals surface area contributed by atoms with Crippen molar-refractivity contribution < 1.29 is 8.42 Å². The molecule has 19 heavy (non-hydrogen) atoms. The molecule has 0 bridgehead atoms. The highest BCUT2D eigenvalue weighted by molar-refractivity contribution is 7.90. The normalized spacial score (nSPS) is 11.0. The molecule has 2 heterocycles. The van der Waals surface area contributed by atoms with E-state index in [2.05, 4.69) is 9.97 Å². The first-order valence-corrected chi connectivity index (χ1v) is 7.35.